The van der Waals surface area contributed by atoms with Gasteiger partial charge in [-0.3, -0.25) is 0 Å². The predicted octanol–water partition coefficient (Wildman–Crippen LogP) is 4.06. The van der Waals surface area contributed by atoms with Crippen molar-refractivity contribution < 1.29 is 35.5 Å². The van der Waals surface area contributed by atoms with Gasteiger partial charge >= 0.3 is 6.36 Å². The van der Waals surface area contributed by atoms with Gasteiger partial charge in [0, 0.05) is 5.57 Å². The van der Waals surface area contributed by atoms with Gasteiger partial charge in [-0.15, -0.1) is 13.2 Å². The van der Waals surface area contributed by atoms with E-state index in [0.717, 1.165) is 12.1 Å². The number of rotatable bonds is 2. The van der Waals surface area contributed by atoms with E-state index in [-0.39, 0.29) is 5.56 Å². The van der Waals surface area contributed by atoms with Crippen molar-refractivity contribution in [3.63, 3.8) is 0 Å². The van der Waals surface area contributed by atoms with E-state index in [2.05, 4.69) is 4.74 Å². The first-order valence-corrected chi connectivity index (χ1v) is 5.79. The number of allylic oxidation sites excluding steroid dienone is 2. The van der Waals surface area contributed by atoms with Crippen LogP contribution in [-0.2, 0) is 4.74 Å². The number of hydrogen-bond donors (Lipinski definition) is 1. The average molecular weight is 327 g/mol. The molecule has 2 nitrogen and oxygen atoms in total. The van der Waals surface area contributed by atoms with Gasteiger partial charge in [0.05, 0.1) is 0 Å². The molecule has 1 aromatic carbocycles. The van der Waals surface area contributed by atoms with Gasteiger partial charge < -0.3 is 5.73 Å². The minimum Gasteiger partial charge on any atom is -0.395 e. The molecule has 9 heteroatoms. The van der Waals surface area contributed by atoms with Crippen molar-refractivity contribution in [3.05, 3.63) is 53.2 Å². The van der Waals surface area contributed by atoms with Gasteiger partial charge in [-0.1, -0.05) is 30.3 Å². The van der Waals surface area contributed by atoms with Gasteiger partial charge in [-0.25, -0.2) is 22.3 Å². The monoisotopic (exact) mass is 327 g/mol. The highest BCUT2D eigenvalue weighted by Gasteiger charge is 2.58. The van der Waals surface area contributed by atoms with Crippen LogP contribution in [0.3, 0.4) is 0 Å². The second kappa shape index (κ2) is 5.31. The predicted molar refractivity (Wildman–Crippen MR) is 62.7 cm³/mol. The summed E-state index contributed by atoms with van der Waals surface area (Å²) in [6.45, 7) is 0. The van der Waals surface area contributed by atoms with Crippen molar-refractivity contribution in [2.45, 2.75) is 18.4 Å². The van der Waals surface area contributed by atoms with Crippen molar-refractivity contribution in [2.24, 2.45) is 5.73 Å². The Morgan fingerprint density at radius 3 is 2.09 bits per heavy atom. The highest BCUT2D eigenvalue weighted by molar-refractivity contribution is 5.76. The lowest BCUT2D eigenvalue weighted by Gasteiger charge is -2.34. The Balaban J connectivity index is 2.61. The molecule has 0 radical (unpaired) electrons. The molecule has 2 N–H and O–H groups in total. The van der Waals surface area contributed by atoms with Crippen LogP contribution in [0.5, 0.6) is 0 Å². The number of halogens is 7. The van der Waals surface area contributed by atoms with Crippen LogP contribution in [0.25, 0.3) is 5.57 Å². The first-order chi connectivity index (χ1) is 10.1. The lowest BCUT2D eigenvalue weighted by Crippen LogP contribution is -2.49. The molecule has 0 fully saturated rings. The summed E-state index contributed by atoms with van der Waals surface area (Å²) < 4.78 is 95.7. The summed E-state index contributed by atoms with van der Waals surface area (Å²) in [4.78, 5) is 0. The zero-order valence-electron chi connectivity index (χ0n) is 10.6. The fourth-order valence-electron chi connectivity index (χ4n) is 1.99. The van der Waals surface area contributed by atoms with Gasteiger partial charge in [-0.2, -0.15) is 0 Å². The molecule has 120 valence electrons. The molecule has 0 aliphatic heterocycles. The Morgan fingerprint density at radius 1 is 1.05 bits per heavy atom. The van der Waals surface area contributed by atoms with E-state index in [0.29, 0.717) is 0 Å². The standard InChI is InChI=1S/C13H8F7NO/c14-8-7(6-4-2-1-3-5-6)10(16)12(17,11(21)9(8)15)22-13(18,19)20/h1-5,10H,21H2. The summed E-state index contributed by atoms with van der Waals surface area (Å²) in [5.74, 6) is -8.42. The van der Waals surface area contributed by atoms with Crippen LogP contribution in [0.15, 0.2) is 47.7 Å². The molecule has 0 spiro atoms. The van der Waals surface area contributed by atoms with Gasteiger partial charge in [0.2, 0.25) is 0 Å². The molecule has 2 rings (SSSR count). The molecule has 0 saturated carbocycles. The molecule has 0 aromatic heterocycles. The van der Waals surface area contributed by atoms with E-state index in [1.165, 1.54) is 18.2 Å². The van der Waals surface area contributed by atoms with Gasteiger partial charge in [0.25, 0.3) is 5.85 Å². The topological polar surface area (TPSA) is 35.2 Å². The fourth-order valence-corrected chi connectivity index (χ4v) is 1.99. The summed E-state index contributed by atoms with van der Waals surface area (Å²) in [5, 5.41) is 0. The third kappa shape index (κ3) is 2.68. The zero-order chi connectivity index (χ0) is 16.7. The number of alkyl halides is 5. The highest BCUT2D eigenvalue weighted by atomic mass is 19.4. The van der Waals surface area contributed by atoms with E-state index < -0.39 is 41.3 Å². The zero-order valence-corrected chi connectivity index (χ0v) is 10.6. The van der Waals surface area contributed by atoms with Crippen LogP contribution in [0, 0.1) is 0 Å². The smallest absolute Gasteiger partial charge is 0.395 e. The van der Waals surface area contributed by atoms with Crippen LogP contribution < -0.4 is 5.73 Å². The average Bonchev–Trinajstić information content (AvgIpc) is 2.43. The second-order valence-corrected chi connectivity index (χ2v) is 4.38. The molecule has 0 amide bonds. The third-order valence-electron chi connectivity index (χ3n) is 2.96. The molecule has 1 aromatic rings. The van der Waals surface area contributed by atoms with Crippen molar-refractivity contribution in [1.82, 2.24) is 0 Å². The molecule has 0 heterocycles. The van der Waals surface area contributed by atoms with Crippen LogP contribution in [0.2, 0.25) is 0 Å². The molecule has 22 heavy (non-hydrogen) atoms. The van der Waals surface area contributed by atoms with Gasteiger partial charge in [0.1, 0.15) is 5.70 Å². The third-order valence-corrected chi connectivity index (χ3v) is 2.96. The Hall–Kier alpha value is -2.03. The molecule has 2 atom stereocenters. The first-order valence-electron chi connectivity index (χ1n) is 5.79. The van der Waals surface area contributed by atoms with E-state index in [1.54, 1.807) is 0 Å². The minimum atomic E-state index is -5.65. The Bertz CT molecular complexity index is 638. The number of nitrogens with two attached hydrogens (primary N) is 1. The van der Waals surface area contributed by atoms with Crippen LogP contribution in [0.4, 0.5) is 30.7 Å². The largest absolute Gasteiger partial charge is 0.525 e. The van der Waals surface area contributed by atoms with Crippen molar-refractivity contribution >= 4 is 5.57 Å². The minimum absolute atomic E-state index is 0.344. The molecule has 1 aliphatic rings. The summed E-state index contributed by atoms with van der Waals surface area (Å²) in [7, 11) is 0. The summed E-state index contributed by atoms with van der Waals surface area (Å²) >= 11 is 0. The van der Waals surface area contributed by atoms with Crippen molar-refractivity contribution in [1.29, 1.82) is 0 Å². The summed E-state index contributed by atoms with van der Waals surface area (Å²) in [6.07, 6.45) is -8.96. The van der Waals surface area contributed by atoms with Crippen molar-refractivity contribution in [2.75, 3.05) is 0 Å². The molecule has 0 bridgehead atoms. The molecular weight excluding hydrogens is 319 g/mol. The lowest BCUT2D eigenvalue weighted by molar-refractivity contribution is -0.390. The van der Waals surface area contributed by atoms with Gasteiger partial charge in [-0.05, 0) is 5.56 Å². The summed E-state index contributed by atoms with van der Waals surface area (Å²) in [5.41, 5.74) is 1.23. The Kier molecular flexibility index (Phi) is 3.94. The van der Waals surface area contributed by atoms with Crippen molar-refractivity contribution in [3.8, 4) is 0 Å². The van der Waals surface area contributed by atoms with E-state index in [1.807, 2.05) is 0 Å². The fraction of sp³-hybridized carbons (Fsp3) is 0.231. The maximum absolute atomic E-state index is 14.3. The SMILES string of the molecule is NC1=C(F)C(F)=C(c2ccccc2)C(F)C1(F)OC(F)(F)F. The van der Waals surface area contributed by atoms with Crippen LogP contribution in [-0.4, -0.2) is 18.4 Å². The second-order valence-electron chi connectivity index (χ2n) is 4.38. The van der Waals surface area contributed by atoms with Crippen LogP contribution >= 0.6 is 0 Å². The molecule has 0 saturated heterocycles. The lowest BCUT2D eigenvalue weighted by atomic mass is 9.89. The first kappa shape index (κ1) is 16.3. The molecule has 2 unspecified atom stereocenters. The van der Waals surface area contributed by atoms with E-state index >= 15 is 0 Å². The van der Waals surface area contributed by atoms with Gasteiger partial charge in [0.15, 0.2) is 17.8 Å². The Morgan fingerprint density at radius 2 is 1.59 bits per heavy atom. The maximum atomic E-state index is 14.3. The highest BCUT2D eigenvalue weighted by Crippen LogP contribution is 2.47. The molecular formula is C13H8F7NO. The number of ether oxygens (including phenoxy) is 1. The number of benzene rings is 1. The normalized spacial score (nSPS) is 26.6. The van der Waals surface area contributed by atoms with Crippen LogP contribution in [0.1, 0.15) is 5.56 Å². The number of hydrogen-bond acceptors (Lipinski definition) is 2. The quantitative estimate of drug-likeness (QED) is 0.832. The Labute approximate surface area is 119 Å². The van der Waals surface area contributed by atoms with E-state index in [4.69, 9.17) is 5.73 Å². The molecule has 1 aliphatic carbocycles. The maximum Gasteiger partial charge on any atom is 0.525 e. The van der Waals surface area contributed by atoms with E-state index in [9.17, 15) is 30.7 Å². The summed E-state index contributed by atoms with van der Waals surface area (Å²) in [6, 6.07) is 6.15.